The molecule has 1 saturated heterocycles. The molecule has 4 rings (SSSR count). The first kappa shape index (κ1) is 15.6. The molecule has 1 saturated carbocycles. The molecule has 1 aromatic heterocycles. The molecule has 3 aliphatic rings. The van der Waals surface area contributed by atoms with Gasteiger partial charge in [0.15, 0.2) is 5.82 Å². The summed E-state index contributed by atoms with van der Waals surface area (Å²) >= 11 is 0. The summed E-state index contributed by atoms with van der Waals surface area (Å²) in [6.45, 7) is 4.62. The number of carbonyl (C=O) groups is 2. The van der Waals surface area contributed by atoms with Gasteiger partial charge in [0.2, 0.25) is 11.8 Å². The van der Waals surface area contributed by atoms with Crippen molar-refractivity contribution >= 4 is 11.8 Å². The van der Waals surface area contributed by atoms with E-state index in [-0.39, 0.29) is 17.7 Å². The Kier molecular flexibility index (Phi) is 4.02. The van der Waals surface area contributed by atoms with Gasteiger partial charge in [-0.2, -0.15) is 0 Å². The molecule has 0 radical (unpaired) electrons. The molecule has 1 unspecified atom stereocenters. The molecular weight excluding hydrogens is 306 g/mol. The molecule has 2 aliphatic heterocycles. The molecule has 0 spiro atoms. The molecule has 1 aromatic rings. The van der Waals surface area contributed by atoms with Gasteiger partial charge in [0.25, 0.3) is 0 Å². The van der Waals surface area contributed by atoms with E-state index in [9.17, 15) is 9.59 Å². The maximum Gasteiger partial charge on any atom is 0.228 e. The zero-order valence-corrected chi connectivity index (χ0v) is 14.3. The van der Waals surface area contributed by atoms with Gasteiger partial charge in [0.05, 0.1) is 12.5 Å². The molecule has 3 heterocycles. The van der Waals surface area contributed by atoms with E-state index in [2.05, 4.69) is 21.7 Å². The van der Waals surface area contributed by atoms with Crippen molar-refractivity contribution in [3.05, 3.63) is 11.6 Å². The van der Waals surface area contributed by atoms with Crippen LogP contribution in [0, 0.1) is 5.92 Å². The first-order chi connectivity index (χ1) is 11.7. The van der Waals surface area contributed by atoms with Crippen LogP contribution in [0.3, 0.4) is 0 Å². The highest BCUT2D eigenvalue weighted by Crippen LogP contribution is 2.30. The summed E-state index contributed by atoms with van der Waals surface area (Å²) in [7, 11) is 0. The van der Waals surface area contributed by atoms with Crippen LogP contribution in [-0.4, -0.2) is 55.5 Å². The Bertz CT molecular complexity index is 649. The highest BCUT2D eigenvalue weighted by molar-refractivity contribution is 5.89. The topological polar surface area (TPSA) is 71.3 Å². The van der Waals surface area contributed by atoms with Crippen LogP contribution in [-0.2, 0) is 29.1 Å². The molecule has 0 N–H and O–H groups in total. The third-order valence-electron chi connectivity index (χ3n) is 5.73. The van der Waals surface area contributed by atoms with E-state index >= 15 is 0 Å². The largest absolute Gasteiger partial charge is 0.339 e. The first-order valence-corrected chi connectivity index (χ1v) is 9.16. The number of aryl methyl sites for hydroxylation is 1. The van der Waals surface area contributed by atoms with E-state index in [4.69, 9.17) is 0 Å². The zero-order chi connectivity index (χ0) is 16.7. The standard InChI is InChI=1S/C17H25N5O2/c1-2-14-18-19-15-11-20(7-8-21(14)15)17(24)12-9-16(23)22(10-12)13-5-3-4-6-13/h12-13H,2-11H2,1H3. The van der Waals surface area contributed by atoms with Gasteiger partial charge >= 0.3 is 0 Å². The number of rotatable bonds is 3. The minimum Gasteiger partial charge on any atom is -0.339 e. The lowest BCUT2D eigenvalue weighted by Crippen LogP contribution is -2.43. The highest BCUT2D eigenvalue weighted by atomic mass is 16.2. The second-order valence-corrected chi connectivity index (χ2v) is 7.18. The fraction of sp³-hybridized carbons (Fsp3) is 0.765. The molecule has 0 bridgehead atoms. The van der Waals surface area contributed by atoms with Gasteiger partial charge in [-0.3, -0.25) is 9.59 Å². The lowest BCUT2D eigenvalue weighted by atomic mass is 10.1. The predicted molar refractivity (Wildman–Crippen MR) is 86.9 cm³/mol. The summed E-state index contributed by atoms with van der Waals surface area (Å²) in [6.07, 6.45) is 5.83. The Hall–Kier alpha value is -1.92. The van der Waals surface area contributed by atoms with Gasteiger partial charge in [0.1, 0.15) is 5.82 Å². The summed E-state index contributed by atoms with van der Waals surface area (Å²) in [5, 5.41) is 8.42. The maximum atomic E-state index is 12.9. The van der Waals surface area contributed by atoms with Gasteiger partial charge < -0.3 is 14.4 Å². The molecule has 7 heteroatoms. The SMILES string of the molecule is CCc1nnc2n1CCN(C(=O)C1CC(=O)N(C3CCCC3)C1)C2. The van der Waals surface area contributed by atoms with E-state index in [1.54, 1.807) is 0 Å². The maximum absolute atomic E-state index is 12.9. The molecule has 2 amide bonds. The number of nitrogens with zero attached hydrogens (tertiary/aromatic N) is 5. The normalized spacial score (nSPS) is 24.7. The molecular formula is C17H25N5O2. The van der Waals surface area contributed by atoms with Crippen LogP contribution in [0.4, 0.5) is 0 Å². The second kappa shape index (κ2) is 6.18. The second-order valence-electron chi connectivity index (χ2n) is 7.18. The van der Waals surface area contributed by atoms with Gasteiger partial charge in [0, 0.05) is 38.5 Å². The van der Waals surface area contributed by atoms with Crippen LogP contribution in [0.2, 0.25) is 0 Å². The number of likely N-dealkylation sites (tertiary alicyclic amines) is 1. The van der Waals surface area contributed by atoms with Crippen molar-refractivity contribution in [3.63, 3.8) is 0 Å². The van der Waals surface area contributed by atoms with Crippen LogP contribution >= 0.6 is 0 Å². The number of carbonyl (C=O) groups excluding carboxylic acids is 2. The Balaban J connectivity index is 1.42. The molecule has 0 aromatic carbocycles. The van der Waals surface area contributed by atoms with Gasteiger partial charge in [-0.15, -0.1) is 10.2 Å². The molecule has 2 fully saturated rings. The van der Waals surface area contributed by atoms with Gasteiger partial charge in [-0.05, 0) is 12.8 Å². The zero-order valence-electron chi connectivity index (χ0n) is 14.3. The summed E-state index contributed by atoms with van der Waals surface area (Å²) in [5.41, 5.74) is 0. The van der Waals surface area contributed by atoms with Crippen molar-refractivity contribution in [3.8, 4) is 0 Å². The van der Waals surface area contributed by atoms with E-state index in [0.717, 1.165) is 37.5 Å². The average molecular weight is 331 g/mol. The van der Waals surface area contributed by atoms with Crippen molar-refractivity contribution in [1.82, 2.24) is 24.6 Å². The molecule has 1 atom stereocenters. The smallest absolute Gasteiger partial charge is 0.228 e. The third kappa shape index (κ3) is 2.59. The Morgan fingerprint density at radius 2 is 2.00 bits per heavy atom. The van der Waals surface area contributed by atoms with Crippen molar-refractivity contribution < 1.29 is 9.59 Å². The summed E-state index contributed by atoms with van der Waals surface area (Å²) in [5.74, 6) is 1.94. The predicted octanol–water partition coefficient (Wildman–Crippen LogP) is 0.974. The molecule has 24 heavy (non-hydrogen) atoms. The number of fused-ring (bicyclic) bond motifs is 1. The number of aromatic nitrogens is 3. The van der Waals surface area contributed by atoms with Crippen LogP contribution < -0.4 is 0 Å². The summed E-state index contributed by atoms with van der Waals surface area (Å²) < 4.78 is 2.12. The van der Waals surface area contributed by atoms with Gasteiger partial charge in [-0.1, -0.05) is 19.8 Å². The minimum atomic E-state index is -0.182. The summed E-state index contributed by atoms with van der Waals surface area (Å²) in [6, 6.07) is 0.367. The van der Waals surface area contributed by atoms with Crippen LogP contribution in [0.5, 0.6) is 0 Å². The fourth-order valence-corrected chi connectivity index (χ4v) is 4.39. The van der Waals surface area contributed by atoms with E-state index in [0.29, 0.717) is 32.1 Å². The molecule has 1 aliphatic carbocycles. The van der Waals surface area contributed by atoms with Crippen molar-refractivity contribution in [2.24, 2.45) is 5.92 Å². The quantitative estimate of drug-likeness (QED) is 0.827. The lowest BCUT2D eigenvalue weighted by Gasteiger charge is -2.30. The van der Waals surface area contributed by atoms with Crippen LogP contribution in [0.15, 0.2) is 0 Å². The lowest BCUT2D eigenvalue weighted by molar-refractivity contribution is -0.137. The van der Waals surface area contributed by atoms with Crippen molar-refractivity contribution in [2.75, 3.05) is 13.1 Å². The Morgan fingerprint density at radius 3 is 2.75 bits per heavy atom. The van der Waals surface area contributed by atoms with Crippen molar-refractivity contribution in [1.29, 1.82) is 0 Å². The number of hydrogen-bond acceptors (Lipinski definition) is 4. The van der Waals surface area contributed by atoms with Crippen LogP contribution in [0.25, 0.3) is 0 Å². The van der Waals surface area contributed by atoms with Crippen LogP contribution in [0.1, 0.15) is 50.7 Å². The Morgan fingerprint density at radius 1 is 1.21 bits per heavy atom. The number of amides is 2. The van der Waals surface area contributed by atoms with E-state index < -0.39 is 0 Å². The molecule has 7 nitrogen and oxygen atoms in total. The number of hydrogen-bond donors (Lipinski definition) is 0. The highest BCUT2D eigenvalue weighted by Gasteiger charge is 2.40. The minimum absolute atomic E-state index is 0.108. The van der Waals surface area contributed by atoms with E-state index in [1.165, 1.54) is 12.8 Å². The van der Waals surface area contributed by atoms with Crippen molar-refractivity contribution in [2.45, 2.75) is 64.6 Å². The first-order valence-electron chi connectivity index (χ1n) is 9.16. The fourth-order valence-electron chi connectivity index (χ4n) is 4.39. The average Bonchev–Trinajstić information content (AvgIpc) is 3.32. The summed E-state index contributed by atoms with van der Waals surface area (Å²) in [4.78, 5) is 29.0. The van der Waals surface area contributed by atoms with Gasteiger partial charge in [-0.25, -0.2) is 0 Å². The Labute approximate surface area is 142 Å². The van der Waals surface area contributed by atoms with E-state index in [1.807, 2.05) is 9.80 Å². The third-order valence-corrected chi connectivity index (χ3v) is 5.73. The monoisotopic (exact) mass is 331 g/mol. The molecule has 130 valence electrons.